The van der Waals surface area contributed by atoms with E-state index < -0.39 is 0 Å². The van der Waals surface area contributed by atoms with Crippen molar-refractivity contribution in [3.05, 3.63) is 41.7 Å². The van der Waals surface area contributed by atoms with Crippen LogP contribution in [0.5, 0.6) is 0 Å². The molecule has 2 aromatic rings. The Morgan fingerprint density at radius 3 is 2.91 bits per heavy atom. The van der Waals surface area contributed by atoms with Gasteiger partial charge in [-0.05, 0) is 44.9 Å². The van der Waals surface area contributed by atoms with Gasteiger partial charge in [0.15, 0.2) is 0 Å². The van der Waals surface area contributed by atoms with E-state index in [0.29, 0.717) is 23.8 Å². The van der Waals surface area contributed by atoms with Crippen molar-refractivity contribution in [1.29, 1.82) is 5.26 Å². The van der Waals surface area contributed by atoms with Gasteiger partial charge in [0.25, 0.3) is 0 Å². The lowest BCUT2D eigenvalue weighted by atomic mass is 9.96. The maximum atomic E-state index is 14.3. The molecule has 1 fully saturated rings. The fourth-order valence-electron chi connectivity index (χ4n) is 3.18. The van der Waals surface area contributed by atoms with Gasteiger partial charge < -0.3 is 9.47 Å². The fourth-order valence-corrected chi connectivity index (χ4v) is 3.18. The van der Waals surface area contributed by atoms with Crippen LogP contribution in [0.3, 0.4) is 0 Å². The predicted octanol–water partition coefficient (Wildman–Crippen LogP) is 3.25. The molecule has 1 aromatic carbocycles. The van der Waals surface area contributed by atoms with Crippen molar-refractivity contribution in [3.63, 3.8) is 0 Å². The average molecular weight is 313 g/mol. The molecule has 23 heavy (non-hydrogen) atoms. The van der Waals surface area contributed by atoms with Gasteiger partial charge in [-0.25, -0.2) is 4.39 Å². The molecule has 1 atom stereocenters. The summed E-state index contributed by atoms with van der Waals surface area (Å²) >= 11 is 0. The number of aromatic nitrogens is 3. The van der Waals surface area contributed by atoms with Crippen molar-refractivity contribution in [1.82, 2.24) is 14.8 Å². The molecule has 1 unspecified atom stereocenters. The third-order valence-corrected chi connectivity index (χ3v) is 4.36. The summed E-state index contributed by atoms with van der Waals surface area (Å²) in [6.07, 6.45) is 3.77. The monoisotopic (exact) mass is 313 g/mol. The van der Waals surface area contributed by atoms with E-state index in [1.165, 1.54) is 6.07 Å². The summed E-state index contributed by atoms with van der Waals surface area (Å²) in [4.78, 5) is 2.05. The van der Waals surface area contributed by atoms with E-state index in [1.807, 2.05) is 11.0 Å². The standard InChI is InChI=1S/C17H20FN5/c1-12(2)23-11-20-21-17(23)14-4-3-7-22(10-14)16-6-5-13(9-19)8-15(16)18/h5-6,8,11-12,14H,3-4,7,10H2,1-2H3. The Hall–Kier alpha value is -2.42. The smallest absolute Gasteiger partial charge is 0.147 e. The average Bonchev–Trinajstić information content (AvgIpc) is 3.04. The van der Waals surface area contributed by atoms with E-state index in [0.717, 1.165) is 25.2 Å². The van der Waals surface area contributed by atoms with E-state index in [1.54, 1.807) is 18.5 Å². The molecule has 2 heterocycles. The first-order valence-corrected chi connectivity index (χ1v) is 7.94. The van der Waals surface area contributed by atoms with Gasteiger partial charge in [-0.3, -0.25) is 0 Å². The van der Waals surface area contributed by atoms with E-state index in [4.69, 9.17) is 5.26 Å². The van der Waals surface area contributed by atoms with Gasteiger partial charge in [0.1, 0.15) is 18.0 Å². The van der Waals surface area contributed by atoms with Crippen molar-refractivity contribution in [3.8, 4) is 6.07 Å². The molecule has 0 amide bonds. The van der Waals surface area contributed by atoms with E-state index >= 15 is 0 Å². The highest BCUT2D eigenvalue weighted by Gasteiger charge is 2.27. The van der Waals surface area contributed by atoms with Crippen LogP contribution in [0, 0.1) is 17.1 Å². The quantitative estimate of drug-likeness (QED) is 0.873. The minimum Gasteiger partial charge on any atom is -0.368 e. The van der Waals surface area contributed by atoms with Crippen molar-refractivity contribution in [2.45, 2.75) is 38.6 Å². The molecule has 0 aliphatic carbocycles. The fraction of sp³-hybridized carbons (Fsp3) is 0.471. The summed E-state index contributed by atoms with van der Waals surface area (Å²) in [5.41, 5.74) is 0.906. The number of piperidine rings is 1. The molecule has 0 bridgehead atoms. The van der Waals surface area contributed by atoms with E-state index in [9.17, 15) is 4.39 Å². The maximum Gasteiger partial charge on any atom is 0.147 e. The highest BCUT2D eigenvalue weighted by Crippen LogP contribution is 2.31. The van der Waals surface area contributed by atoms with Crippen molar-refractivity contribution in [2.75, 3.05) is 18.0 Å². The molecule has 1 aliphatic rings. The van der Waals surface area contributed by atoms with Crippen LogP contribution in [0.4, 0.5) is 10.1 Å². The van der Waals surface area contributed by atoms with Gasteiger partial charge in [0, 0.05) is 25.0 Å². The second-order valence-electron chi connectivity index (χ2n) is 6.25. The van der Waals surface area contributed by atoms with Crippen LogP contribution in [0.15, 0.2) is 24.5 Å². The number of hydrogen-bond acceptors (Lipinski definition) is 4. The number of hydrogen-bond donors (Lipinski definition) is 0. The Morgan fingerprint density at radius 2 is 2.22 bits per heavy atom. The molecule has 5 nitrogen and oxygen atoms in total. The number of halogens is 1. The summed E-state index contributed by atoms with van der Waals surface area (Å²) < 4.78 is 16.4. The lowest BCUT2D eigenvalue weighted by Gasteiger charge is -2.34. The first-order chi connectivity index (χ1) is 11.1. The van der Waals surface area contributed by atoms with Gasteiger partial charge in [-0.1, -0.05) is 0 Å². The molecule has 1 aromatic heterocycles. The summed E-state index contributed by atoms with van der Waals surface area (Å²) in [6, 6.07) is 6.94. The highest BCUT2D eigenvalue weighted by atomic mass is 19.1. The number of nitrogens with zero attached hydrogens (tertiary/aromatic N) is 5. The van der Waals surface area contributed by atoms with Crippen molar-refractivity contribution in [2.24, 2.45) is 0 Å². The molecule has 3 rings (SSSR count). The van der Waals surface area contributed by atoms with Crippen LogP contribution in [0.2, 0.25) is 0 Å². The molecule has 6 heteroatoms. The van der Waals surface area contributed by atoms with Crippen LogP contribution in [-0.2, 0) is 0 Å². The van der Waals surface area contributed by atoms with Crippen LogP contribution in [0.1, 0.15) is 50.0 Å². The van der Waals surface area contributed by atoms with Gasteiger partial charge in [-0.15, -0.1) is 10.2 Å². The molecule has 0 spiro atoms. The molecule has 0 saturated carbocycles. The third-order valence-electron chi connectivity index (χ3n) is 4.36. The van der Waals surface area contributed by atoms with Crippen LogP contribution >= 0.6 is 0 Å². The first kappa shape index (κ1) is 15.5. The Morgan fingerprint density at radius 1 is 1.39 bits per heavy atom. The lowest BCUT2D eigenvalue weighted by Crippen LogP contribution is -2.36. The van der Waals surface area contributed by atoms with Crippen LogP contribution in [0.25, 0.3) is 0 Å². The summed E-state index contributed by atoms with van der Waals surface area (Å²) in [6.45, 7) is 5.74. The number of anilines is 1. The van der Waals surface area contributed by atoms with Gasteiger partial charge in [0.2, 0.25) is 0 Å². The second kappa shape index (κ2) is 6.37. The van der Waals surface area contributed by atoms with Crippen molar-refractivity contribution >= 4 is 5.69 Å². The largest absolute Gasteiger partial charge is 0.368 e. The molecule has 0 radical (unpaired) electrons. The van der Waals surface area contributed by atoms with Gasteiger partial charge >= 0.3 is 0 Å². The number of benzene rings is 1. The Labute approximate surface area is 135 Å². The summed E-state index contributed by atoms with van der Waals surface area (Å²) in [5, 5.41) is 17.2. The highest BCUT2D eigenvalue weighted by molar-refractivity contribution is 5.51. The van der Waals surface area contributed by atoms with E-state index in [2.05, 4.69) is 28.6 Å². The van der Waals surface area contributed by atoms with Crippen LogP contribution < -0.4 is 4.90 Å². The normalized spacial score (nSPS) is 18.2. The molecule has 120 valence electrons. The van der Waals surface area contributed by atoms with E-state index in [-0.39, 0.29) is 11.7 Å². The Balaban J connectivity index is 1.84. The summed E-state index contributed by atoms with van der Waals surface area (Å²) in [7, 11) is 0. The minimum absolute atomic E-state index is 0.240. The molecule has 1 aliphatic heterocycles. The SMILES string of the molecule is CC(C)n1cnnc1C1CCCN(c2ccc(C#N)cc2F)C1. The lowest BCUT2D eigenvalue weighted by molar-refractivity contribution is 0.451. The van der Waals surface area contributed by atoms with Gasteiger partial charge in [-0.2, -0.15) is 5.26 Å². The maximum absolute atomic E-state index is 14.3. The topological polar surface area (TPSA) is 57.7 Å². The third kappa shape index (κ3) is 3.04. The first-order valence-electron chi connectivity index (χ1n) is 7.94. The zero-order chi connectivity index (χ0) is 16.4. The second-order valence-corrected chi connectivity index (χ2v) is 6.25. The Kier molecular flexibility index (Phi) is 4.28. The molecular formula is C17H20FN5. The Bertz CT molecular complexity index is 731. The zero-order valence-electron chi connectivity index (χ0n) is 13.4. The molecule has 1 saturated heterocycles. The van der Waals surface area contributed by atoms with Gasteiger partial charge in [0.05, 0.1) is 17.3 Å². The molecule has 0 N–H and O–H groups in total. The zero-order valence-corrected chi connectivity index (χ0v) is 13.4. The van der Waals surface area contributed by atoms with Crippen LogP contribution in [-0.4, -0.2) is 27.9 Å². The number of rotatable bonds is 3. The molecular weight excluding hydrogens is 293 g/mol. The number of nitriles is 1. The minimum atomic E-state index is -0.338. The van der Waals surface area contributed by atoms with Crippen molar-refractivity contribution < 1.29 is 4.39 Å². The predicted molar refractivity (Wildman–Crippen MR) is 85.7 cm³/mol. The summed E-state index contributed by atoms with van der Waals surface area (Å²) in [5.74, 6) is 0.873.